The van der Waals surface area contributed by atoms with E-state index in [2.05, 4.69) is 5.32 Å². The molecule has 1 unspecified atom stereocenters. The molecule has 0 bridgehead atoms. The van der Waals surface area contributed by atoms with Gasteiger partial charge in [0.15, 0.2) is 0 Å². The van der Waals surface area contributed by atoms with Crippen molar-refractivity contribution in [1.29, 1.82) is 5.41 Å². The first-order valence-corrected chi connectivity index (χ1v) is 5.54. The van der Waals surface area contributed by atoms with E-state index in [1.54, 1.807) is 0 Å². The van der Waals surface area contributed by atoms with E-state index in [0.29, 0.717) is 5.56 Å². The van der Waals surface area contributed by atoms with E-state index in [9.17, 15) is 14.0 Å². The number of carbonyl (C=O) groups excluding carboxylic acids is 2. The first-order valence-electron chi connectivity index (χ1n) is 5.54. The van der Waals surface area contributed by atoms with Crippen molar-refractivity contribution in [3.8, 4) is 0 Å². The third-order valence-electron chi connectivity index (χ3n) is 2.43. The average molecular weight is 266 g/mol. The summed E-state index contributed by atoms with van der Waals surface area (Å²) in [5.74, 6) is -2.82. The van der Waals surface area contributed by atoms with Crippen molar-refractivity contribution < 1.29 is 14.0 Å². The molecule has 6 N–H and O–H groups in total. The Morgan fingerprint density at radius 1 is 1.37 bits per heavy atom. The first kappa shape index (κ1) is 14.6. The third-order valence-corrected chi connectivity index (χ3v) is 2.43. The number of nitrogens with one attached hydrogen (secondary N) is 2. The summed E-state index contributed by atoms with van der Waals surface area (Å²) in [4.78, 5) is 22.9. The fourth-order valence-corrected chi connectivity index (χ4v) is 1.59. The second-order valence-electron chi connectivity index (χ2n) is 4.02. The highest BCUT2D eigenvalue weighted by Crippen LogP contribution is 2.20. The van der Waals surface area contributed by atoms with Crippen LogP contribution in [-0.4, -0.2) is 24.2 Å². The van der Waals surface area contributed by atoms with Crippen LogP contribution in [0.4, 0.5) is 4.39 Å². The summed E-state index contributed by atoms with van der Waals surface area (Å²) in [6.07, 6.45) is -0.243. The lowest BCUT2D eigenvalue weighted by atomic mass is 9.94. The Labute approximate surface area is 109 Å². The average Bonchev–Trinajstić information content (AvgIpc) is 2.32. The molecule has 0 fully saturated rings. The number of benzene rings is 1. The number of primary amides is 1. The molecule has 0 aliphatic heterocycles. The summed E-state index contributed by atoms with van der Waals surface area (Å²) < 4.78 is 13.1. The van der Waals surface area contributed by atoms with Crippen LogP contribution in [-0.2, 0) is 9.59 Å². The molecule has 102 valence electrons. The van der Waals surface area contributed by atoms with Gasteiger partial charge in [0, 0.05) is 6.42 Å². The summed E-state index contributed by atoms with van der Waals surface area (Å²) in [5.41, 5.74) is 10.6. The molecule has 0 spiro atoms. The van der Waals surface area contributed by atoms with Gasteiger partial charge >= 0.3 is 0 Å². The molecule has 0 heterocycles. The number of nitrogens with two attached hydrogens (primary N) is 2. The Balaban J connectivity index is 2.91. The fraction of sp³-hybridized carbons (Fsp3) is 0.250. The molecule has 7 heteroatoms. The van der Waals surface area contributed by atoms with Crippen molar-refractivity contribution in [3.63, 3.8) is 0 Å². The summed E-state index contributed by atoms with van der Waals surface area (Å²) >= 11 is 0. The second kappa shape index (κ2) is 6.48. The standard InChI is InChI=1S/C12H15FN4O2/c13-8-3-1-2-7(4-8)9(5-11(16)18)12(19)17-6-10(14)15/h1-4,9H,5-6H2,(H3,14,15)(H2,16,18)(H,17,19). The Morgan fingerprint density at radius 2 is 2.05 bits per heavy atom. The van der Waals surface area contributed by atoms with E-state index in [1.807, 2.05) is 0 Å². The van der Waals surface area contributed by atoms with Crippen molar-refractivity contribution in [2.75, 3.05) is 6.54 Å². The van der Waals surface area contributed by atoms with Crippen LogP contribution < -0.4 is 16.8 Å². The molecule has 0 aliphatic rings. The summed E-state index contributed by atoms with van der Waals surface area (Å²) in [6.45, 7) is -0.136. The fourth-order valence-electron chi connectivity index (χ4n) is 1.59. The zero-order valence-electron chi connectivity index (χ0n) is 10.2. The van der Waals surface area contributed by atoms with E-state index >= 15 is 0 Å². The molecule has 19 heavy (non-hydrogen) atoms. The molecule has 1 rings (SSSR count). The number of carbonyl (C=O) groups is 2. The molecule has 1 atom stereocenters. The Bertz CT molecular complexity index is 504. The van der Waals surface area contributed by atoms with E-state index in [4.69, 9.17) is 16.9 Å². The Hall–Kier alpha value is -2.44. The van der Waals surface area contributed by atoms with Crippen LogP contribution in [0.3, 0.4) is 0 Å². The maximum atomic E-state index is 13.1. The van der Waals surface area contributed by atoms with Gasteiger partial charge in [0.1, 0.15) is 11.7 Å². The van der Waals surface area contributed by atoms with Gasteiger partial charge in [-0.3, -0.25) is 15.0 Å². The quantitative estimate of drug-likeness (QED) is 0.422. The van der Waals surface area contributed by atoms with Gasteiger partial charge in [-0.25, -0.2) is 4.39 Å². The van der Waals surface area contributed by atoms with Crippen LogP contribution in [0.5, 0.6) is 0 Å². The molecule has 1 aromatic carbocycles. The zero-order chi connectivity index (χ0) is 14.4. The number of rotatable bonds is 6. The number of halogens is 1. The van der Waals surface area contributed by atoms with Crippen molar-refractivity contribution >= 4 is 17.6 Å². The van der Waals surface area contributed by atoms with Crippen molar-refractivity contribution in [2.45, 2.75) is 12.3 Å². The highest BCUT2D eigenvalue weighted by molar-refractivity contribution is 5.91. The smallest absolute Gasteiger partial charge is 0.228 e. The zero-order valence-corrected chi connectivity index (χ0v) is 10.2. The summed E-state index contributed by atoms with van der Waals surface area (Å²) in [7, 11) is 0. The third kappa shape index (κ3) is 4.74. The van der Waals surface area contributed by atoms with Crippen molar-refractivity contribution in [3.05, 3.63) is 35.6 Å². The molecule has 0 saturated heterocycles. The molecule has 2 amide bonds. The van der Waals surface area contributed by atoms with Crippen LogP contribution >= 0.6 is 0 Å². The maximum absolute atomic E-state index is 13.1. The lowest BCUT2D eigenvalue weighted by Crippen LogP contribution is -2.37. The van der Waals surface area contributed by atoms with Gasteiger partial charge in [0.2, 0.25) is 11.8 Å². The van der Waals surface area contributed by atoms with Gasteiger partial charge in [0.25, 0.3) is 0 Å². The van der Waals surface area contributed by atoms with Gasteiger partial charge in [-0.05, 0) is 17.7 Å². The van der Waals surface area contributed by atoms with E-state index in [1.165, 1.54) is 24.3 Å². The highest BCUT2D eigenvalue weighted by atomic mass is 19.1. The van der Waals surface area contributed by atoms with Crippen LogP contribution in [0.2, 0.25) is 0 Å². The predicted octanol–water partition coefficient (Wildman–Crippen LogP) is -0.163. The highest BCUT2D eigenvalue weighted by Gasteiger charge is 2.23. The first-order chi connectivity index (χ1) is 8.90. The number of amidine groups is 1. The van der Waals surface area contributed by atoms with Crippen LogP contribution in [0.15, 0.2) is 24.3 Å². The van der Waals surface area contributed by atoms with Crippen molar-refractivity contribution in [1.82, 2.24) is 5.32 Å². The molecule has 0 aromatic heterocycles. The SMILES string of the molecule is N=C(N)CNC(=O)C(CC(N)=O)c1cccc(F)c1. The molecule has 0 saturated carbocycles. The van der Waals surface area contributed by atoms with E-state index < -0.39 is 23.5 Å². The van der Waals surface area contributed by atoms with Crippen LogP contribution in [0.1, 0.15) is 17.9 Å². The Morgan fingerprint density at radius 3 is 2.58 bits per heavy atom. The van der Waals surface area contributed by atoms with E-state index in [0.717, 1.165) is 0 Å². The molecule has 1 aromatic rings. The predicted molar refractivity (Wildman–Crippen MR) is 67.9 cm³/mol. The minimum absolute atomic E-state index is 0.136. The second-order valence-corrected chi connectivity index (χ2v) is 4.02. The molecule has 0 aliphatic carbocycles. The minimum Gasteiger partial charge on any atom is -0.386 e. The van der Waals surface area contributed by atoms with Gasteiger partial charge in [-0.1, -0.05) is 12.1 Å². The van der Waals surface area contributed by atoms with E-state index in [-0.39, 0.29) is 18.8 Å². The van der Waals surface area contributed by atoms with Gasteiger partial charge in [-0.2, -0.15) is 0 Å². The Kier molecular flexibility index (Phi) is 4.99. The molecular formula is C12H15FN4O2. The topological polar surface area (TPSA) is 122 Å². The minimum atomic E-state index is -0.896. The number of hydrogen-bond acceptors (Lipinski definition) is 3. The normalized spacial score (nSPS) is 11.6. The maximum Gasteiger partial charge on any atom is 0.228 e. The molecular weight excluding hydrogens is 251 g/mol. The number of amides is 2. The molecule has 0 radical (unpaired) electrons. The summed E-state index contributed by atoms with van der Waals surface area (Å²) in [5, 5.41) is 9.41. The van der Waals surface area contributed by atoms with Crippen LogP contribution in [0, 0.1) is 11.2 Å². The summed E-state index contributed by atoms with van der Waals surface area (Å²) in [6, 6.07) is 5.38. The van der Waals surface area contributed by atoms with Gasteiger partial charge in [0.05, 0.1) is 12.5 Å². The monoisotopic (exact) mass is 266 g/mol. The molecule has 6 nitrogen and oxygen atoms in total. The van der Waals surface area contributed by atoms with Crippen molar-refractivity contribution in [2.24, 2.45) is 11.5 Å². The van der Waals surface area contributed by atoms with Gasteiger partial charge in [-0.15, -0.1) is 0 Å². The largest absolute Gasteiger partial charge is 0.386 e. The van der Waals surface area contributed by atoms with Gasteiger partial charge < -0.3 is 16.8 Å². The van der Waals surface area contributed by atoms with Crippen LogP contribution in [0.25, 0.3) is 0 Å². The lowest BCUT2D eigenvalue weighted by molar-refractivity contribution is -0.126. The lowest BCUT2D eigenvalue weighted by Gasteiger charge is -2.15. The number of hydrogen-bond donors (Lipinski definition) is 4.